The van der Waals surface area contributed by atoms with E-state index < -0.39 is 0 Å². The summed E-state index contributed by atoms with van der Waals surface area (Å²) in [5.41, 5.74) is 2.78. The van der Waals surface area contributed by atoms with Gasteiger partial charge < -0.3 is 24.3 Å². The van der Waals surface area contributed by atoms with Gasteiger partial charge in [0.15, 0.2) is 23.0 Å². The second-order valence-electron chi connectivity index (χ2n) is 7.43. The lowest BCUT2D eigenvalue weighted by Crippen LogP contribution is -2.17. The summed E-state index contributed by atoms with van der Waals surface area (Å²) in [5, 5.41) is 5.11. The second kappa shape index (κ2) is 13.0. The average Bonchev–Trinajstić information content (AvgIpc) is 2.83. The zero-order valence-corrected chi connectivity index (χ0v) is 21.7. The molecule has 0 saturated carbocycles. The molecule has 3 rings (SSSR count). The Morgan fingerprint density at radius 2 is 1.47 bits per heavy atom. The molecule has 0 aliphatic rings. The van der Waals surface area contributed by atoms with Crippen LogP contribution in [0.15, 0.2) is 48.5 Å². The average molecular weight is 525 g/mol. The van der Waals surface area contributed by atoms with E-state index in [1.807, 2.05) is 31.2 Å². The largest absolute Gasteiger partial charge is 0.493 e. The number of methoxy groups -OCH3 is 2. The predicted octanol–water partition coefficient (Wildman–Crippen LogP) is 6.97. The van der Waals surface area contributed by atoms with Crippen molar-refractivity contribution in [2.75, 3.05) is 27.4 Å². The molecular formula is C26H28Cl3NO4. The van der Waals surface area contributed by atoms with Crippen LogP contribution >= 0.6 is 34.8 Å². The van der Waals surface area contributed by atoms with Crippen LogP contribution in [0.1, 0.15) is 23.6 Å². The van der Waals surface area contributed by atoms with Crippen molar-refractivity contribution in [3.8, 4) is 23.0 Å². The third-order valence-electron chi connectivity index (χ3n) is 5.20. The molecule has 0 aliphatic heterocycles. The molecule has 0 aromatic heterocycles. The standard InChI is InChI=1S/C26H28Cl3NO4/c1-4-33-25-13-18(15-30-11-10-17-8-9-23(31-2)24(12-17)32-3)22(29)14-26(25)34-16-19-20(27)6-5-7-21(19)28/h5-9,12-14,30H,4,10-11,15-16H2,1-3H3. The smallest absolute Gasteiger partial charge is 0.163 e. The Kier molecular flexibility index (Phi) is 10.0. The van der Waals surface area contributed by atoms with Gasteiger partial charge in [-0.2, -0.15) is 0 Å². The number of halogens is 3. The fourth-order valence-electron chi connectivity index (χ4n) is 3.41. The highest BCUT2D eigenvalue weighted by Crippen LogP contribution is 2.35. The molecule has 34 heavy (non-hydrogen) atoms. The normalized spacial score (nSPS) is 10.8. The highest BCUT2D eigenvalue weighted by Gasteiger charge is 2.14. The van der Waals surface area contributed by atoms with Crippen LogP contribution in [0, 0.1) is 0 Å². The fourth-order valence-corrected chi connectivity index (χ4v) is 4.13. The maximum Gasteiger partial charge on any atom is 0.163 e. The lowest BCUT2D eigenvalue weighted by molar-refractivity contribution is 0.269. The van der Waals surface area contributed by atoms with Crippen molar-refractivity contribution in [3.63, 3.8) is 0 Å². The lowest BCUT2D eigenvalue weighted by atomic mass is 10.1. The third-order valence-corrected chi connectivity index (χ3v) is 6.26. The van der Waals surface area contributed by atoms with Gasteiger partial charge in [0.05, 0.1) is 20.8 Å². The van der Waals surface area contributed by atoms with Crippen molar-refractivity contribution in [2.45, 2.75) is 26.5 Å². The SMILES string of the molecule is CCOc1cc(CNCCc2ccc(OC)c(OC)c2)c(Cl)cc1OCc1c(Cl)cccc1Cl. The summed E-state index contributed by atoms with van der Waals surface area (Å²) >= 11 is 19.1. The zero-order chi connectivity index (χ0) is 24.5. The van der Waals surface area contributed by atoms with E-state index in [1.54, 1.807) is 38.5 Å². The van der Waals surface area contributed by atoms with Crippen molar-refractivity contribution < 1.29 is 18.9 Å². The molecule has 1 N–H and O–H groups in total. The first-order valence-corrected chi connectivity index (χ1v) is 12.0. The topological polar surface area (TPSA) is 49.0 Å². The summed E-state index contributed by atoms with van der Waals surface area (Å²) in [6.45, 7) is 3.97. The first kappa shape index (κ1) is 26.3. The molecular weight excluding hydrogens is 497 g/mol. The lowest BCUT2D eigenvalue weighted by Gasteiger charge is -2.16. The minimum atomic E-state index is 0.206. The van der Waals surface area contributed by atoms with Gasteiger partial charge in [0, 0.05) is 33.2 Å². The minimum Gasteiger partial charge on any atom is -0.493 e. The van der Waals surface area contributed by atoms with Crippen molar-refractivity contribution in [3.05, 3.63) is 80.3 Å². The van der Waals surface area contributed by atoms with Crippen molar-refractivity contribution >= 4 is 34.8 Å². The molecule has 0 fully saturated rings. The summed E-state index contributed by atoms with van der Waals surface area (Å²) in [6, 6.07) is 14.9. The molecule has 0 atom stereocenters. The van der Waals surface area contributed by atoms with Gasteiger partial charge in [-0.25, -0.2) is 0 Å². The van der Waals surface area contributed by atoms with Gasteiger partial charge in [-0.15, -0.1) is 0 Å². The van der Waals surface area contributed by atoms with Gasteiger partial charge in [0.25, 0.3) is 0 Å². The summed E-state index contributed by atoms with van der Waals surface area (Å²) in [5.74, 6) is 2.59. The quantitative estimate of drug-likeness (QED) is 0.259. The van der Waals surface area contributed by atoms with E-state index in [9.17, 15) is 0 Å². The molecule has 3 aromatic rings. The molecule has 0 bridgehead atoms. The first-order valence-electron chi connectivity index (χ1n) is 10.9. The number of rotatable bonds is 12. The van der Waals surface area contributed by atoms with E-state index in [2.05, 4.69) is 5.32 Å². The van der Waals surface area contributed by atoms with Gasteiger partial charge in [-0.1, -0.05) is 46.9 Å². The maximum absolute atomic E-state index is 6.56. The van der Waals surface area contributed by atoms with Crippen LogP contribution in [-0.2, 0) is 19.6 Å². The van der Waals surface area contributed by atoms with E-state index in [-0.39, 0.29) is 6.61 Å². The molecule has 182 valence electrons. The fraction of sp³-hybridized carbons (Fsp3) is 0.308. The third kappa shape index (κ3) is 6.86. The van der Waals surface area contributed by atoms with Gasteiger partial charge in [-0.3, -0.25) is 0 Å². The molecule has 5 nitrogen and oxygen atoms in total. The van der Waals surface area contributed by atoms with Gasteiger partial charge >= 0.3 is 0 Å². The van der Waals surface area contributed by atoms with Gasteiger partial charge in [-0.05, 0) is 61.3 Å². The highest BCUT2D eigenvalue weighted by atomic mass is 35.5. The minimum absolute atomic E-state index is 0.206. The maximum atomic E-state index is 6.56. The van der Waals surface area contributed by atoms with Crippen molar-refractivity contribution in [1.29, 1.82) is 0 Å². The van der Waals surface area contributed by atoms with Crippen molar-refractivity contribution in [2.24, 2.45) is 0 Å². The number of ether oxygens (including phenoxy) is 4. The summed E-state index contributed by atoms with van der Waals surface area (Å²) in [7, 11) is 3.26. The van der Waals surface area contributed by atoms with Crippen LogP contribution in [0.25, 0.3) is 0 Å². The Labute approximate surface area is 215 Å². The molecule has 0 radical (unpaired) electrons. The zero-order valence-electron chi connectivity index (χ0n) is 19.4. The Morgan fingerprint density at radius 1 is 0.765 bits per heavy atom. The van der Waals surface area contributed by atoms with E-state index in [0.29, 0.717) is 51.0 Å². The predicted molar refractivity (Wildman–Crippen MR) is 138 cm³/mol. The monoisotopic (exact) mass is 523 g/mol. The Hall–Kier alpha value is -2.31. The summed E-state index contributed by atoms with van der Waals surface area (Å²) < 4.78 is 22.4. The second-order valence-corrected chi connectivity index (χ2v) is 8.65. The van der Waals surface area contributed by atoms with Crippen LogP contribution in [-0.4, -0.2) is 27.4 Å². The Bertz CT molecular complexity index is 1090. The molecule has 0 saturated heterocycles. The number of nitrogens with one attached hydrogen (secondary N) is 1. The van der Waals surface area contributed by atoms with Crippen LogP contribution in [0.2, 0.25) is 15.1 Å². The Balaban J connectivity index is 1.63. The molecule has 3 aromatic carbocycles. The Morgan fingerprint density at radius 3 is 2.15 bits per heavy atom. The highest BCUT2D eigenvalue weighted by molar-refractivity contribution is 6.36. The van der Waals surface area contributed by atoms with E-state index in [4.69, 9.17) is 53.8 Å². The van der Waals surface area contributed by atoms with Gasteiger partial charge in [0.1, 0.15) is 6.61 Å². The molecule has 0 unspecified atom stereocenters. The van der Waals surface area contributed by atoms with Crippen LogP contribution in [0.5, 0.6) is 23.0 Å². The summed E-state index contributed by atoms with van der Waals surface area (Å²) in [6.07, 6.45) is 0.829. The van der Waals surface area contributed by atoms with E-state index in [1.165, 1.54) is 0 Å². The molecule has 8 heteroatoms. The molecule has 0 aliphatic carbocycles. The van der Waals surface area contributed by atoms with Crippen LogP contribution in [0.4, 0.5) is 0 Å². The molecule has 0 heterocycles. The van der Waals surface area contributed by atoms with Crippen LogP contribution < -0.4 is 24.3 Å². The molecule has 0 amide bonds. The molecule has 0 spiro atoms. The van der Waals surface area contributed by atoms with Gasteiger partial charge in [0.2, 0.25) is 0 Å². The number of hydrogen-bond acceptors (Lipinski definition) is 5. The summed E-state index contributed by atoms with van der Waals surface area (Å²) in [4.78, 5) is 0. The van der Waals surface area contributed by atoms with E-state index >= 15 is 0 Å². The van der Waals surface area contributed by atoms with Crippen LogP contribution in [0.3, 0.4) is 0 Å². The van der Waals surface area contributed by atoms with Crippen molar-refractivity contribution in [1.82, 2.24) is 5.32 Å². The van der Waals surface area contributed by atoms with E-state index in [0.717, 1.165) is 29.8 Å². The number of hydrogen-bond donors (Lipinski definition) is 1. The number of benzene rings is 3. The first-order chi connectivity index (χ1) is 16.5.